The zero-order chi connectivity index (χ0) is 15.0. The van der Waals surface area contributed by atoms with Crippen molar-refractivity contribution in [1.29, 1.82) is 0 Å². The number of hydrazone groups is 2. The summed E-state index contributed by atoms with van der Waals surface area (Å²) in [4.78, 5) is 13.1. The SMILES string of the molecule is O=C1CCN(C2=NN3C(=NNC3C(F)(F)F)C=C2)CCN1. The molecule has 21 heavy (non-hydrogen) atoms. The first-order chi connectivity index (χ1) is 9.95. The largest absolute Gasteiger partial charge is 0.430 e. The number of hydrogen-bond donors (Lipinski definition) is 2. The minimum absolute atomic E-state index is 0.0730. The number of fused-ring (bicyclic) bond motifs is 1. The summed E-state index contributed by atoms with van der Waals surface area (Å²) in [5.41, 5.74) is 2.03. The highest BCUT2D eigenvalue weighted by molar-refractivity contribution is 6.05. The Hall–Kier alpha value is -2.26. The fourth-order valence-corrected chi connectivity index (χ4v) is 2.26. The summed E-state index contributed by atoms with van der Waals surface area (Å²) in [7, 11) is 0. The monoisotopic (exact) mass is 302 g/mol. The minimum Gasteiger partial charge on any atom is -0.354 e. The number of nitrogens with one attached hydrogen (secondary N) is 2. The summed E-state index contributed by atoms with van der Waals surface area (Å²) in [5.74, 6) is 0.435. The summed E-state index contributed by atoms with van der Waals surface area (Å²) >= 11 is 0. The smallest absolute Gasteiger partial charge is 0.354 e. The van der Waals surface area contributed by atoms with Crippen LogP contribution < -0.4 is 10.7 Å². The number of halogens is 3. The highest BCUT2D eigenvalue weighted by atomic mass is 19.4. The van der Waals surface area contributed by atoms with Crippen molar-refractivity contribution in [2.75, 3.05) is 19.6 Å². The zero-order valence-electron chi connectivity index (χ0n) is 10.9. The van der Waals surface area contributed by atoms with E-state index in [-0.39, 0.29) is 18.2 Å². The van der Waals surface area contributed by atoms with E-state index in [1.165, 1.54) is 6.08 Å². The van der Waals surface area contributed by atoms with E-state index in [9.17, 15) is 18.0 Å². The van der Waals surface area contributed by atoms with E-state index in [0.29, 0.717) is 25.5 Å². The van der Waals surface area contributed by atoms with E-state index in [0.717, 1.165) is 5.01 Å². The van der Waals surface area contributed by atoms with Gasteiger partial charge in [-0.3, -0.25) is 10.2 Å². The molecule has 0 bridgehead atoms. The Morgan fingerprint density at radius 1 is 1.24 bits per heavy atom. The van der Waals surface area contributed by atoms with E-state index in [2.05, 4.69) is 15.5 Å². The molecular weight excluding hydrogens is 289 g/mol. The van der Waals surface area contributed by atoms with Crippen molar-refractivity contribution < 1.29 is 18.0 Å². The van der Waals surface area contributed by atoms with Crippen molar-refractivity contribution in [3.63, 3.8) is 0 Å². The number of hydrogen-bond acceptors (Lipinski definition) is 6. The maximum atomic E-state index is 12.9. The van der Waals surface area contributed by atoms with Crippen molar-refractivity contribution in [1.82, 2.24) is 20.7 Å². The molecule has 0 aromatic carbocycles. The molecule has 3 aliphatic heterocycles. The topological polar surface area (TPSA) is 72.3 Å². The number of amidine groups is 2. The Labute approximate surface area is 118 Å². The first-order valence-corrected chi connectivity index (χ1v) is 6.42. The van der Waals surface area contributed by atoms with Crippen LogP contribution in [0, 0.1) is 0 Å². The molecule has 1 amide bonds. The van der Waals surface area contributed by atoms with Crippen LogP contribution >= 0.6 is 0 Å². The summed E-state index contributed by atoms with van der Waals surface area (Å²) < 4.78 is 38.6. The molecule has 0 saturated carbocycles. The Kier molecular flexibility index (Phi) is 3.22. The van der Waals surface area contributed by atoms with Crippen molar-refractivity contribution >= 4 is 17.6 Å². The maximum Gasteiger partial charge on any atom is 0.430 e. The molecule has 1 saturated heterocycles. The van der Waals surface area contributed by atoms with Crippen LogP contribution in [-0.2, 0) is 4.79 Å². The number of nitrogens with zero attached hydrogens (tertiary/aromatic N) is 4. The van der Waals surface area contributed by atoms with Crippen LogP contribution in [-0.4, -0.2) is 59.5 Å². The molecule has 3 aliphatic rings. The highest BCUT2D eigenvalue weighted by Gasteiger charge is 2.49. The fraction of sp³-hybridized carbons (Fsp3) is 0.545. The van der Waals surface area contributed by atoms with Gasteiger partial charge in [0.2, 0.25) is 12.1 Å². The van der Waals surface area contributed by atoms with Gasteiger partial charge in [0.1, 0.15) is 5.84 Å². The van der Waals surface area contributed by atoms with E-state index in [1.807, 2.05) is 5.43 Å². The number of carbonyl (C=O) groups excluding carboxylic acids is 1. The molecule has 1 unspecified atom stereocenters. The lowest BCUT2D eigenvalue weighted by atomic mass is 10.3. The second-order valence-electron chi connectivity index (χ2n) is 4.77. The fourth-order valence-electron chi connectivity index (χ4n) is 2.26. The molecule has 3 rings (SSSR count). The molecule has 3 heterocycles. The van der Waals surface area contributed by atoms with Crippen molar-refractivity contribution in [3.05, 3.63) is 12.2 Å². The van der Waals surface area contributed by atoms with Crippen LogP contribution in [0.4, 0.5) is 13.2 Å². The van der Waals surface area contributed by atoms with Crippen molar-refractivity contribution in [2.45, 2.75) is 18.8 Å². The van der Waals surface area contributed by atoms with E-state index < -0.39 is 12.3 Å². The summed E-state index contributed by atoms with van der Waals surface area (Å²) in [6.07, 6.45) is -3.08. The third-order valence-electron chi connectivity index (χ3n) is 3.32. The Bertz CT molecular complexity index is 541. The summed E-state index contributed by atoms with van der Waals surface area (Å²) in [6, 6.07) is 0. The summed E-state index contributed by atoms with van der Waals surface area (Å²) in [5, 5.41) is 11.1. The van der Waals surface area contributed by atoms with Gasteiger partial charge in [-0.25, -0.2) is 5.01 Å². The van der Waals surface area contributed by atoms with Gasteiger partial charge in [-0.1, -0.05) is 0 Å². The normalized spacial score (nSPS) is 25.7. The molecular formula is C11H13F3N6O. The Morgan fingerprint density at radius 3 is 2.76 bits per heavy atom. The molecule has 1 atom stereocenters. The van der Waals surface area contributed by atoms with Gasteiger partial charge in [-0.05, 0) is 12.2 Å². The van der Waals surface area contributed by atoms with Crippen LogP contribution in [0.2, 0.25) is 0 Å². The van der Waals surface area contributed by atoms with Crippen LogP contribution in [0.3, 0.4) is 0 Å². The Morgan fingerprint density at radius 2 is 2.00 bits per heavy atom. The highest BCUT2D eigenvalue weighted by Crippen LogP contribution is 2.28. The zero-order valence-corrected chi connectivity index (χ0v) is 10.9. The first-order valence-electron chi connectivity index (χ1n) is 6.42. The van der Waals surface area contributed by atoms with Gasteiger partial charge in [-0.15, -0.1) is 0 Å². The molecule has 1 fully saturated rings. The summed E-state index contributed by atoms with van der Waals surface area (Å²) in [6.45, 7) is 1.35. The van der Waals surface area contributed by atoms with Gasteiger partial charge in [0.25, 0.3) is 0 Å². The average Bonchev–Trinajstić information content (AvgIpc) is 2.74. The van der Waals surface area contributed by atoms with Crippen molar-refractivity contribution in [3.8, 4) is 0 Å². The molecule has 0 radical (unpaired) electrons. The van der Waals surface area contributed by atoms with Crippen molar-refractivity contribution in [2.24, 2.45) is 10.2 Å². The molecule has 0 spiro atoms. The van der Waals surface area contributed by atoms with Gasteiger partial charge >= 0.3 is 6.18 Å². The van der Waals surface area contributed by atoms with Crippen LogP contribution in [0.25, 0.3) is 0 Å². The number of rotatable bonds is 0. The second kappa shape index (κ2) is 4.93. The maximum absolute atomic E-state index is 12.9. The molecule has 0 aromatic rings. The van der Waals surface area contributed by atoms with Gasteiger partial charge in [0.05, 0.1) is 0 Å². The average molecular weight is 302 g/mol. The molecule has 114 valence electrons. The predicted octanol–water partition coefficient (Wildman–Crippen LogP) is -0.201. The Balaban J connectivity index is 1.79. The molecule has 2 N–H and O–H groups in total. The lowest BCUT2D eigenvalue weighted by Crippen LogP contribution is -2.49. The standard InChI is InChI=1S/C11H13F3N6O/c12-11(13,14)10-17-16-7-1-2-8(18-20(7)10)19-5-3-9(21)15-4-6-19/h1-2,10,17H,3-6H2,(H,15,21). The van der Waals surface area contributed by atoms with Crippen LogP contribution in [0.1, 0.15) is 6.42 Å². The molecule has 7 nitrogen and oxygen atoms in total. The third kappa shape index (κ3) is 2.65. The lowest BCUT2D eigenvalue weighted by molar-refractivity contribution is -0.178. The number of alkyl halides is 3. The quantitative estimate of drug-likeness (QED) is 0.650. The molecule has 0 aliphatic carbocycles. The van der Waals surface area contributed by atoms with Crippen LogP contribution in [0.15, 0.2) is 22.4 Å². The lowest BCUT2D eigenvalue weighted by Gasteiger charge is -2.29. The van der Waals surface area contributed by atoms with Gasteiger partial charge in [0.15, 0.2) is 5.84 Å². The van der Waals surface area contributed by atoms with Gasteiger partial charge in [0, 0.05) is 26.1 Å². The third-order valence-corrected chi connectivity index (χ3v) is 3.32. The predicted molar refractivity (Wildman–Crippen MR) is 68.0 cm³/mol. The first kappa shape index (κ1) is 13.7. The van der Waals surface area contributed by atoms with Gasteiger partial charge in [-0.2, -0.15) is 23.4 Å². The second-order valence-corrected chi connectivity index (χ2v) is 4.77. The van der Waals surface area contributed by atoms with E-state index in [1.54, 1.807) is 11.0 Å². The number of carbonyl (C=O) groups is 1. The molecule has 0 aromatic heterocycles. The number of amides is 1. The minimum atomic E-state index is -4.48. The van der Waals surface area contributed by atoms with E-state index in [4.69, 9.17) is 0 Å². The van der Waals surface area contributed by atoms with Crippen LogP contribution in [0.5, 0.6) is 0 Å². The molecule has 10 heteroatoms. The van der Waals surface area contributed by atoms with E-state index >= 15 is 0 Å². The van der Waals surface area contributed by atoms with Gasteiger partial charge < -0.3 is 10.2 Å².